The fourth-order valence-electron chi connectivity index (χ4n) is 1.35. The lowest BCUT2D eigenvalue weighted by atomic mass is 9.85. The van der Waals surface area contributed by atoms with Gasteiger partial charge in [0.1, 0.15) is 0 Å². The molecular weight excluding hydrogens is 192 g/mol. The van der Waals surface area contributed by atoms with E-state index >= 15 is 0 Å². The van der Waals surface area contributed by atoms with E-state index in [1.54, 1.807) is 41.5 Å². The standard InChI is InChI=1S/C12H22O3/c1-10(2,13)8-7-9(11(3,4)14)12(5,6)15/h8,13-15H,1-6H3. The van der Waals surface area contributed by atoms with Gasteiger partial charge in [-0.25, -0.2) is 0 Å². The molecule has 0 aromatic rings. The minimum atomic E-state index is -1.17. The van der Waals surface area contributed by atoms with Crippen LogP contribution in [-0.2, 0) is 0 Å². The van der Waals surface area contributed by atoms with Gasteiger partial charge in [0.25, 0.3) is 0 Å². The second kappa shape index (κ2) is 4.11. The van der Waals surface area contributed by atoms with Gasteiger partial charge in [-0.05, 0) is 47.6 Å². The fraction of sp³-hybridized carbons (Fsp3) is 0.750. The van der Waals surface area contributed by atoms with Crippen molar-refractivity contribution in [2.45, 2.75) is 58.3 Å². The van der Waals surface area contributed by atoms with Crippen molar-refractivity contribution in [1.82, 2.24) is 0 Å². The van der Waals surface area contributed by atoms with E-state index in [2.05, 4.69) is 5.73 Å². The SMILES string of the molecule is CC(C)(O)C=C=C(C(C)(C)O)C(C)(C)O. The van der Waals surface area contributed by atoms with Crippen molar-refractivity contribution >= 4 is 0 Å². The number of aliphatic hydroxyl groups is 3. The molecule has 88 valence electrons. The molecule has 0 atom stereocenters. The van der Waals surface area contributed by atoms with Crippen LogP contribution in [0.3, 0.4) is 0 Å². The van der Waals surface area contributed by atoms with Gasteiger partial charge in [0.15, 0.2) is 0 Å². The third kappa shape index (κ3) is 5.75. The Morgan fingerprint density at radius 3 is 1.40 bits per heavy atom. The minimum Gasteiger partial charge on any atom is -0.386 e. The average Bonchev–Trinajstić information content (AvgIpc) is 1.75. The van der Waals surface area contributed by atoms with Gasteiger partial charge in [-0.3, -0.25) is 0 Å². The molecule has 0 saturated carbocycles. The maximum atomic E-state index is 9.85. The molecule has 3 heteroatoms. The van der Waals surface area contributed by atoms with Crippen molar-refractivity contribution in [1.29, 1.82) is 0 Å². The summed E-state index contributed by atoms with van der Waals surface area (Å²) < 4.78 is 0. The van der Waals surface area contributed by atoms with E-state index in [9.17, 15) is 15.3 Å². The maximum absolute atomic E-state index is 9.85. The van der Waals surface area contributed by atoms with E-state index in [1.165, 1.54) is 6.08 Å². The van der Waals surface area contributed by atoms with Crippen LogP contribution in [0.25, 0.3) is 0 Å². The summed E-state index contributed by atoms with van der Waals surface area (Å²) in [7, 11) is 0. The molecule has 0 amide bonds. The van der Waals surface area contributed by atoms with Gasteiger partial charge in [0.2, 0.25) is 0 Å². The van der Waals surface area contributed by atoms with E-state index in [1.807, 2.05) is 0 Å². The topological polar surface area (TPSA) is 60.7 Å². The summed E-state index contributed by atoms with van der Waals surface area (Å²) in [6.45, 7) is 9.51. The molecule has 3 nitrogen and oxygen atoms in total. The highest BCUT2D eigenvalue weighted by molar-refractivity contribution is 5.23. The molecule has 0 aromatic heterocycles. The molecule has 0 unspecified atom stereocenters. The van der Waals surface area contributed by atoms with E-state index in [4.69, 9.17) is 0 Å². The quantitative estimate of drug-likeness (QED) is 0.622. The normalized spacial score (nSPS) is 13.4. The average molecular weight is 214 g/mol. The number of hydrogen-bond donors (Lipinski definition) is 3. The van der Waals surface area contributed by atoms with Gasteiger partial charge < -0.3 is 15.3 Å². The van der Waals surface area contributed by atoms with E-state index in [-0.39, 0.29) is 0 Å². The Kier molecular flexibility index (Phi) is 3.94. The molecule has 0 aromatic carbocycles. The van der Waals surface area contributed by atoms with Gasteiger partial charge in [-0.15, -0.1) is 5.73 Å². The molecule has 0 radical (unpaired) electrons. The molecule has 0 aliphatic carbocycles. The van der Waals surface area contributed by atoms with Gasteiger partial charge in [0, 0.05) is 5.57 Å². The largest absolute Gasteiger partial charge is 0.386 e. The molecule has 0 aliphatic heterocycles. The molecular formula is C12H22O3. The van der Waals surface area contributed by atoms with Crippen molar-refractivity contribution in [3.63, 3.8) is 0 Å². The number of rotatable bonds is 3. The van der Waals surface area contributed by atoms with Gasteiger partial charge in [0.05, 0.1) is 16.8 Å². The van der Waals surface area contributed by atoms with Gasteiger partial charge >= 0.3 is 0 Å². The summed E-state index contributed by atoms with van der Waals surface area (Å²) in [5, 5.41) is 29.2. The van der Waals surface area contributed by atoms with Gasteiger partial charge in [-0.1, -0.05) is 0 Å². The smallest absolute Gasteiger partial charge is 0.0902 e. The zero-order valence-electron chi connectivity index (χ0n) is 10.4. The molecule has 0 bridgehead atoms. The predicted octanol–water partition coefficient (Wildman–Crippen LogP) is 1.38. The Morgan fingerprint density at radius 1 is 0.867 bits per heavy atom. The monoisotopic (exact) mass is 214 g/mol. The van der Waals surface area contributed by atoms with Crippen molar-refractivity contribution in [3.05, 3.63) is 17.4 Å². The molecule has 0 heterocycles. The van der Waals surface area contributed by atoms with Crippen LogP contribution in [0.5, 0.6) is 0 Å². The highest BCUT2D eigenvalue weighted by Gasteiger charge is 2.31. The van der Waals surface area contributed by atoms with Crippen molar-refractivity contribution in [2.24, 2.45) is 0 Å². The third-order valence-electron chi connectivity index (χ3n) is 1.79. The van der Waals surface area contributed by atoms with E-state index in [0.717, 1.165) is 0 Å². The third-order valence-corrected chi connectivity index (χ3v) is 1.79. The lowest BCUT2D eigenvalue weighted by molar-refractivity contribution is 0.0420. The van der Waals surface area contributed by atoms with Crippen LogP contribution in [0.1, 0.15) is 41.5 Å². The first kappa shape index (κ1) is 14.4. The van der Waals surface area contributed by atoms with Crippen LogP contribution in [0, 0.1) is 0 Å². The molecule has 15 heavy (non-hydrogen) atoms. The molecule has 0 aliphatic rings. The lowest BCUT2D eigenvalue weighted by Gasteiger charge is -2.29. The van der Waals surface area contributed by atoms with Crippen LogP contribution >= 0.6 is 0 Å². The van der Waals surface area contributed by atoms with Crippen LogP contribution in [0.4, 0.5) is 0 Å². The van der Waals surface area contributed by atoms with Crippen LogP contribution in [0.2, 0.25) is 0 Å². The van der Waals surface area contributed by atoms with Crippen LogP contribution in [-0.4, -0.2) is 32.1 Å². The lowest BCUT2D eigenvalue weighted by Crippen LogP contribution is -2.36. The Balaban J connectivity index is 5.44. The van der Waals surface area contributed by atoms with Crippen LogP contribution < -0.4 is 0 Å². The highest BCUT2D eigenvalue weighted by Crippen LogP contribution is 2.26. The second-order valence-electron chi connectivity index (χ2n) is 5.44. The summed E-state index contributed by atoms with van der Waals surface area (Å²) in [5.74, 6) is 0. The molecule has 3 N–H and O–H groups in total. The minimum absolute atomic E-state index is 0.345. The zero-order chi connectivity index (χ0) is 12.5. The first-order valence-electron chi connectivity index (χ1n) is 5.00. The van der Waals surface area contributed by atoms with Crippen LogP contribution in [0.15, 0.2) is 17.4 Å². The molecule has 0 spiro atoms. The highest BCUT2D eigenvalue weighted by atomic mass is 16.3. The number of hydrogen-bond acceptors (Lipinski definition) is 3. The maximum Gasteiger partial charge on any atom is 0.0902 e. The molecule has 0 saturated heterocycles. The summed E-state index contributed by atoms with van der Waals surface area (Å²) in [6, 6.07) is 0. The Hall–Kier alpha value is -0.600. The first-order chi connectivity index (χ1) is 6.34. The fourth-order valence-corrected chi connectivity index (χ4v) is 1.35. The van der Waals surface area contributed by atoms with Crippen molar-refractivity contribution in [2.75, 3.05) is 0 Å². The molecule has 0 rings (SSSR count). The Labute approximate surface area is 91.8 Å². The van der Waals surface area contributed by atoms with E-state index < -0.39 is 16.8 Å². The van der Waals surface area contributed by atoms with Crippen molar-refractivity contribution in [3.8, 4) is 0 Å². The summed E-state index contributed by atoms with van der Waals surface area (Å²) >= 11 is 0. The predicted molar refractivity (Wildman–Crippen MR) is 60.5 cm³/mol. The summed E-state index contributed by atoms with van der Waals surface area (Å²) in [4.78, 5) is 0. The summed E-state index contributed by atoms with van der Waals surface area (Å²) in [6.07, 6.45) is 1.43. The zero-order valence-corrected chi connectivity index (χ0v) is 10.4. The summed E-state index contributed by atoms with van der Waals surface area (Å²) in [5.41, 5.74) is -0.220. The first-order valence-corrected chi connectivity index (χ1v) is 5.00. The van der Waals surface area contributed by atoms with Gasteiger partial charge in [-0.2, -0.15) is 0 Å². The molecule has 0 fully saturated rings. The Morgan fingerprint density at radius 2 is 1.20 bits per heavy atom. The Bertz CT molecular complexity index is 259. The van der Waals surface area contributed by atoms with Crippen molar-refractivity contribution < 1.29 is 15.3 Å². The van der Waals surface area contributed by atoms with E-state index in [0.29, 0.717) is 5.57 Å². The second-order valence-corrected chi connectivity index (χ2v) is 5.44.